The number of benzene rings is 1. The molecule has 0 radical (unpaired) electrons. The number of pyridine rings is 1. The smallest absolute Gasteiger partial charge is 0.237 e. The number of aromatic nitrogens is 1. The summed E-state index contributed by atoms with van der Waals surface area (Å²) >= 11 is 0. The van der Waals surface area contributed by atoms with Gasteiger partial charge in [-0.15, -0.1) is 0 Å². The van der Waals surface area contributed by atoms with Crippen LogP contribution in [0.4, 0.5) is 0 Å². The highest BCUT2D eigenvalue weighted by molar-refractivity contribution is 5.82. The molecule has 1 unspecified atom stereocenters. The highest BCUT2D eigenvalue weighted by atomic mass is 16.2. The van der Waals surface area contributed by atoms with Gasteiger partial charge in [0.05, 0.1) is 6.04 Å². The monoisotopic (exact) mass is 281 g/mol. The summed E-state index contributed by atoms with van der Waals surface area (Å²) in [6, 6.07) is 10.1. The maximum absolute atomic E-state index is 12.3. The summed E-state index contributed by atoms with van der Waals surface area (Å²) in [5.74, 6) is 0.0488. The van der Waals surface area contributed by atoms with Crippen LogP contribution in [0.2, 0.25) is 0 Å². The lowest BCUT2D eigenvalue weighted by Crippen LogP contribution is -2.47. The van der Waals surface area contributed by atoms with Gasteiger partial charge in [-0.1, -0.05) is 24.3 Å². The zero-order chi connectivity index (χ0) is 14.7. The molecule has 21 heavy (non-hydrogen) atoms. The van der Waals surface area contributed by atoms with Crippen LogP contribution in [-0.4, -0.2) is 16.9 Å². The minimum Gasteiger partial charge on any atom is -0.351 e. The molecule has 108 valence electrons. The molecule has 1 aromatic heterocycles. The minimum absolute atomic E-state index is 0.0488. The molecule has 1 amide bonds. The summed E-state index contributed by atoms with van der Waals surface area (Å²) in [6.45, 7) is 3.30. The largest absolute Gasteiger partial charge is 0.351 e. The number of carbonyl (C=O) groups is 1. The molecule has 0 bridgehead atoms. The van der Waals surface area contributed by atoms with Gasteiger partial charge in [0.25, 0.3) is 0 Å². The Morgan fingerprint density at radius 1 is 1.33 bits per heavy atom. The standard InChI is InChI=1S/C17H19N3O/c1-12-6-7-18-9-15(12)11-20-17(21)16-8-13-4-2-3-5-14(13)10-19-16/h2-7,9,16,19H,8,10-11H2,1H3,(H,20,21). The third kappa shape index (κ3) is 3.11. The number of rotatable bonds is 3. The molecule has 0 aliphatic carbocycles. The quantitative estimate of drug-likeness (QED) is 0.900. The Kier molecular flexibility index (Phi) is 3.97. The summed E-state index contributed by atoms with van der Waals surface area (Å²) in [7, 11) is 0. The first kappa shape index (κ1) is 13.8. The Morgan fingerprint density at radius 3 is 2.95 bits per heavy atom. The fourth-order valence-electron chi connectivity index (χ4n) is 2.63. The van der Waals surface area contributed by atoms with Gasteiger partial charge >= 0.3 is 0 Å². The van der Waals surface area contributed by atoms with Crippen molar-refractivity contribution in [3.63, 3.8) is 0 Å². The number of nitrogens with one attached hydrogen (secondary N) is 2. The average molecular weight is 281 g/mol. The van der Waals surface area contributed by atoms with Crippen LogP contribution in [0.15, 0.2) is 42.7 Å². The van der Waals surface area contributed by atoms with Crippen molar-refractivity contribution in [3.8, 4) is 0 Å². The topological polar surface area (TPSA) is 54.0 Å². The molecule has 0 spiro atoms. The van der Waals surface area contributed by atoms with E-state index in [1.54, 1.807) is 12.4 Å². The van der Waals surface area contributed by atoms with E-state index in [0.29, 0.717) is 6.54 Å². The van der Waals surface area contributed by atoms with Gasteiger partial charge in [0.2, 0.25) is 5.91 Å². The Morgan fingerprint density at radius 2 is 2.14 bits per heavy atom. The van der Waals surface area contributed by atoms with Gasteiger partial charge in [-0.25, -0.2) is 0 Å². The average Bonchev–Trinajstić information content (AvgIpc) is 2.53. The van der Waals surface area contributed by atoms with E-state index >= 15 is 0 Å². The van der Waals surface area contributed by atoms with Crippen molar-refractivity contribution in [1.82, 2.24) is 15.6 Å². The molecular weight excluding hydrogens is 262 g/mol. The SMILES string of the molecule is Cc1ccncc1CNC(=O)C1Cc2ccccc2CN1. The summed E-state index contributed by atoms with van der Waals surface area (Å²) < 4.78 is 0. The van der Waals surface area contributed by atoms with Gasteiger partial charge in [0, 0.05) is 25.5 Å². The first-order chi connectivity index (χ1) is 10.2. The molecule has 0 saturated carbocycles. The molecule has 1 atom stereocenters. The molecule has 1 aliphatic rings. The van der Waals surface area contributed by atoms with E-state index < -0.39 is 0 Å². The molecule has 2 heterocycles. The third-order valence-electron chi connectivity index (χ3n) is 4.00. The summed E-state index contributed by atoms with van der Waals surface area (Å²) in [5.41, 5.74) is 4.74. The van der Waals surface area contributed by atoms with E-state index in [0.717, 1.165) is 24.1 Å². The van der Waals surface area contributed by atoms with Crippen LogP contribution in [0.3, 0.4) is 0 Å². The summed E-state index contributed by atoms with van der Waals surface area (Å²) in [5, 5.41) is 6.30. The Balaban J connectivity index is 1.61. The second-order valence-corrected chi connectivity index (χ2v) is 5.43. The second kappa shape index (κ2) is 6.06. The lowest BCUT2D eigenvalue weighted by atomic mass is 9.95. The van der Waals surface area contributed by atoms with Crippen LogP contribution in [0, 0.1) is 6.92 Å². The summed E-state index contributed by atoms with van der Waals surface area (Å²) in [4.78, 5) is 16.4. The second-order valence-electron chi connectivity index (χ2n) is 5.43. The molecule has 1 aliphatic heterocycles. The normalized spacial score (nSPS) is 17.1. The van der Waals surface area contributed by atoms with Crippen LogP contribution in [0.25, 0.3) is 0 Å². The number of carbonyl (C=O) groups excluding carboxylic acids is 1. The van der Waals surface area contributed by atoms with E-state index in [1.165, 1.54) is 11.1 Å². The van der Waals surface area contributed by atoms with E-state index in [1.807, 2.05) is 25.1 Å². The van der Waals surface area contributed by atoms with Gasteiger partial charge in [-0.2, -0.15) is 0 Å². The van der Waals surface area contributed by atoms with E-state index in [9.17, 15) is 4.79 Å². The molecular formula is C17H19N3O. The van der Waals surface area contributed by atoms with Gasteiger partial charge in [-0.3, -0.25) is 9.78 Å². The van der Waals surface area contributed by atoms with Gasteiger partial charge in [-0.05, 0) is 41.7 Å². The van der Waals surface area contributed by atoms with E-state index in [4.69, 9.17) is 0 Å². The number of nitrogens with zero attached hydrogens (tertiary/aromatic N) is 1. The van der Waals surface area contributed by atoms with Crippen molar-refractivity contribution in [3.05, 3.63) is 65.0 Å². The van der Waals surface area contributed by atoms with Crippen molar-refractivity contribution in [1.29, 1.82) is 0 Å². The highest BCUT2D eigenvalue weighted by Crippen LogP contribution is 2.16. The van der Waals surface area contributed by atoms with E-state index in [-0.39, 0.29) is 11.9 Å². The van der Waals surface area contributed by atoms with Crippen LogP contribution in [0.1, 0.15) is 22.3 Å². The predicted octanol–water partition coefficient (Wildman–Crippen LogP) is 1.72. The van der Waals surface area contributed by atoms with Crippen molar-refractivity contribution >= 4 is 5.91 Å². The molecule has 4 nitrogen and oxygen atoms in total. The maximum atomic E-state index is 12.3. The first-order valence-corrected chi connectivity index (χ1v) is 7.21. The predicted molar refractivity (Wildman–Crippen MR) is 81.6 cm³/mol. The Hall–Kier alpha value is -2.20. The van der Waals surface area contributed by atoms with Gasteiger partial charge in [0.15, 0.2) is 0 Å². The van der Waals surface area contributed by atoms with Gasteiger partial charge in [0.1, 0.15) is 0 Å². The number of aryl methyl sites for hydroxylation is 1. The van der Waals surface area contributed by atoms with Crippen molar-refractivity contribution in [2.75, 3.05) is 0 Å². The van der Waals surface area contributed by atoms with Crippen molar-refractivity contribution in [2.45, 2.75) is 32.5 Å². The number of amides is 1. The Labute approximate surface area is 124 Å². The molecule has 4 heteroatoms. The lowest BCUT2D eigenvalue weighted by Gasteiger charge is -2.25. The third-order valence-corrected chi connectivity index (χ3v) is 4.00. The highest BCUT2D eigenvalue weighted by Gasteiger charge is 2.23. The zero-order valence-electron chi connectivity index (χ0n) is 12.1. The van der Waals surface area contributed by atoms with Gasteiger partial charge < -0.3 is 10.6 Å². The van der Waals surface area contributed by atoms with Crippen LogP contribution in [0.5, 0.6) is 0 Å². The Bertz CT molecular complexity index is 654. The zero-order valence-corrected chi connectivity index (χ0v) is 12.1. The molecule has 2 N–H and O–H groups in total. The molecule has 2 aromatic rings. The molecule has 0 saturated heterocycles. The van der Waals surface area contributed by atoms with Crippen LogP contribution >= 0.6 is 0 Å². The van der Waals surface area contributed by atoms with Crippen molar-refractivity contribution in [2.24, 2.45) is 0 Å². The van der Waals surface area contributed by atoms with Crippen LogP contribution < -0.4 is 10.6 Å². The molecule has 0 fully saturated rings. The maximum Gasteiger partial charge on any atom is 0.237 e. The first-order valence-electron chi connectivity index (χ1n) is 7.21. The summed E-state index contributed by atoms with van der Waals surface area (Å²) in [6.07, 6.45) is 4.31. The fraction of sp³-hybridized carbons (Fsp3) is 0.294. The number of fused-ring (bicyclic) bond motifs is 1. The van der Waals surface area contributed by atoms with Crippen LogP contribution in [-0.2, 0) is 24.3 Å². The number of hydrogen-bond acceptors (Lipinski definition) is 3. The van der Waals surface area contributed by atoms with Crippen molar-refractivity contribution < 1.29 is 4.79 Å². The number of hydrogen-bond donors (Lipinski definition) is 2. The molecule has 1 aromatic carbocycles. The molecule has 3 rings (SSSR count). The lowest BCUT2D eigenvalue weighted by molar-refractivity contribution is -0.123. The fourth-order valence-corrected chi connectivity index (χ4v) is 2.63. The van der Waals surface area contributed by atoms with E-state index in [2.05, 4.69) is 27.8 Å². The minimum atomic E-state index is -0.156.